The van der Waals surface area contributed by atoms with E-state index >= 15 is 0 Å². The van der Waals surface area contributed by atoms with E-state index in [9.17, 15) is 9.59 Å². The number of carbonyl (C=O) groups excluding carboxylic acids is 2. The van der Waals surface area contributed by atoms with Crippen molar-refractivity contribution < 1.29 is 19.1 Å². The lowest BCUT2D eigenvalue weighted by Gasteiger charge is -2.26. The molecule has 0 bridgehead atoms. The van der Waals surface area contributed by atoms with Crippen molar-refractivity contribution in [1.82, 2.24) is 4.98 Å². The predicted octanol–water partition coefficient (Wildman–Crippen LogP) is 5.26. The maximum atomic E-state index is 13.1. The van der Waals surface area contributed by atoms with Crippen LogP contribution >= 0.6 is 0 Å². The van der Waals surface area contributed by atoms with Gasteiger partial charge in [0.1, 0.15) is 11.5 Å². The Labute approximate surface area is 180 Å². The summed E-state index contributed by atoms with van der Waals surface area (Å²) in [7, 11) is 0. The van der Waals surface area contributed by atoms with Crippen LogP contribution in [0.5, 0.6) is 11.5 Å². The molecule has 0 unspecified atom stereocenters. The van der Waals surface area contributed by atoms with Crippen LogP contribution in [0.3, 0.4) is 0 Å². The molecule has 154 valence electrons. The van der Waals surface area contributed by atoms with Gasteiger partial charge in [-0.1, -0.05) is 44.2 Å². The van der Waals surface area contributed by atoms with Gasteiger partial charge in [-0.25, -0.2) is 0 Å². The summed E-state index contributed by atoms with van der Waals surface area (Å²) in [4.78, 5) is 29.4. The Morgan fingerprint density at radius 2 is 1.84 bits per heavy atom. The third-order valence-corrected chi connectivity index (χ3v) is 5.77. The first-order valence-corrected chi connectivity index (χ1v) is 10.3. The first-order valence-electron chi connectivity index (χ1n) is 10.3. The molecule has 2 aliphatic heterocycles. The van der Waals surface area contributed by atoms with E-state index in [2.05, 4.69) is 31.0 Å². The molecule has 5 heteroatoms. The van der Waals surface area contributed by atoms with Gasteiger partial charge in [-0.05, 0) is 46.9 Å². The van der Waals surface area contributed by atoms with Crippen LogP contribution in [0.1, 0.15) is 64.7 Å². The Morgan fingerprint density at radius 1 is 1.03 bits per heavy atom. The molecule has 1 aromatic heterocycles. The lowest BCUT2D eigenvalue weighted by molar-refractivity contribution is -0.135. The molecule has 0 fully saturated rings. The van der Waals surface area contributed by atoms with Gasteiger partial charge >= 0.3 is 5.97 Å². The molecule has 0 saturated carbocycles. The van der Waals surface area contributed by atoms with Crippen molar-refractivity contribution in [3.8, 4) is 11.5 Å². The summed E-state index contributed by atoms with van der Waals surface area (Å²) in [5.41, 5.74) is 4.21. The first kappa shape index (κ1) is 19.2. The first-order chi connectivity index (χ1) is 15.0. The number of benzene rings is 2. The summed E-state index contributed by atoms with van der Waals surface area (Å²) in [5.74, 6) is 0.834. The third-order valence-electron chi connectivity index (χ3n) is 5.77. The molecule has 0 radical (unpaired) electrons. The van der Waals surface area contributed by atoms with E-state index in [-0.39, 0.29) is 29.9 Å². The molecule has 0 aliphatic carbocycles. The van der Waals surface area contributed by atoms with Gasteiger partial charge in [0, 0.05) is 23.9 Å². The average molecular weight is 411 g/mol. The highest BCUT2D eigenvalue weighted by Gasteiger charge is 2.38. The van der Waals surface area contributed by atoms with Gasteiger partial charge in [-0.2, -0.15) is 0 Å². The van der Waals surface area contributed by atoms with Crippen LogP contribution in [0.25, 0.3) is 6.08 Å². The van der Waals surface area contributed by atoms with Gasteiger partial charge in [0.25, 0.3) is 0 Å². The number of allylic oxidation sites excluding steroid dienone is 1. The number of nitrogens with zero attached hydrogens (tertiary/aromatic N) is 1. The number of esters is 1. The number of pyridine rings is 1. The molecule has 5 rings (SSSR count). The highest BCUT2D eigenvalue weighted by atomic mass is 16.5. The molecular weight excluding hydrogens is 390 g/mol. The van der Waals surface area contributed by atoms with Crippen molar-refractivity contribution in [1.29, 1.82) is 0 Å². The van der Waals surface area contributed by atoms with Gasteiger partial charge in [0.05, 0.1) is 12.0 Å². The number of hydrogen-bond donors (Lipinski definition) is 0. The molecule has 3 aromatic rings. The van der Waals surface area contributed by atoms with E-state index in [1.165, 1.54) is 5.56 Å². The summed E-state index contributed by atoms with van der Waals surface area (Å²) >= 11 is 0. The van der Waals surface area contributed by atoms with E-state index in [0.29, 0.717) is 23.0 Å². The minimum Gasteiger partial charge on any atom is -0.452 e. The van der Waals surface area contributed by atoms with Gasteiger partial charge in [-0.15, -0.1) is 0 Å². The second kappa shape index (κ2) is 7.51. The molecule has 0 amide bonds. The van der Waals surface area contributed by atoms with Crippen molar-refractivity contribution in [3.05, 3.63) is 94.5 Å². The third kappa shape index (κ3) is 3.42. The number of hydrogen-bond acceptors (Lipinski definition) is 5. The van der Waals surface area contributed by atoms with Crippen molar-refractivity contribution in [2.24, 2.45) is 0 Å². The Morgan fingerprint density at radius 3 is 2.55 bits per heavy atom. The topological polar surface area (TPSA) is 65.5 Å². The zero-order valence-corrected chi connectivity index (χ0v) is 17.3. The van der Waals surface area contributed by atoms with Crippen LogP contribution < -0.4 is 9.47 Å². The molecule has 2 aliphatic rings. The van der Waals surface area contributed by atoms with Crippen LogP contribution in [-0.2, 0) is 4.79 Å². The van der Waals surface area contributed by atoms with Crippen molar-refractivity contribution in [3.63, 3.8) is 0 Å². The fourth-order valence-corrected chi connectivity index (χ4v) is 4.10. The monoisotopic (exact) mass is 411 g/mol. The Balaban J connectivity index is 1.56. The fraction of sp³-hybridized carbons (Fsp3) is 0.192. The van der Waals surface area contributed by atoms with Crippen LogP contribution in [0.15, 0.2) is 66.7 Å². The molecule has 3 heterocycles. The van der Waals surface area contributed by atoms with E-state index in [1.807, 2.05) is 24.3 Å². The molecule has 0 spiro atoms. The largest absolute Gasteiger partial charge is 0.452 e. The standard InChI is InChI=1S/C26H21NO4/c1-15(2)17-7-5-16(6-8-17)12-22-25(29)19-9-10-21-24(26(19)31-22)20(13-23(28)30-21)18-4-3-11-27-14-18/h3-12,14-15,20H,13H2,1-2H3/b22-12-/t20-/m0/s1. The molecule has 0 saturated heterocycles. The van der Waals surface area contributed by atoms with Crippen molar-refractivity contribution in [2.45, 2.75) is 32.1 Å². The molecule has 0 N–H and O–H groups in total. The van der Waals surface area contributed by atoms with E-state index in [0.717, 1.165) is 16.7 Å². The van der Waals surface area contributed by atoms with E-state index in [4.69, 9.17) is 9.47 Å². The zero-order chi connectivity index (χ0) is 21.5. The number of ether oxygens (including phenoxy) is 2. The second-order valence-electron chi connectivity index (χ2n) is 8.13. The number of Topliss-reactive ketones (excluding diaryl/α,β-unsaturated/α-hetero) is 1. The lowest BCUT2D eigenvalue weighted by atomic mass is 9.85. The number of carbonyl (C=O) groups is 2. The van der Waals surface area contributed by atoms with Crippen molar-refractivity contribution >= 4 is 17.8 Å². The normalized spacial score (nSPS) is 18.5. The number of aromatic nitrogens is 1. The zero-order valence-electron chi connectivity index (χ0n) is 17.3. The van der Waals surface area contributed by atoms with Gasteiger partial charge in [0.2, 0.25) is 5.78 Å². The predicted molar refractivity (Wildman–Crippen MR) is 116 cm³/mol. The van der Waals surface area contributed by atoms with Crippen LogP contribution in [0.2, 0.25) is 0 Å². The number of ketones is 1. The number of fused-ring (bicyclic) bond motifs is 3. The van der Waals surface area contributed by atoms with E-state index in [1.54, 1.807) is 30.6 Å². The maximum Gasteiger partial charge on any atom is 0.312 e. The van der Waals surface area contributed by atoms with Crippen LogP contribution in [0, 0.1) is 0 Å². The van der Waals surface area contributed by atoms with E-state index < -0.39 is 0 Å². The molecule has 1 atom stereocenters. The van der Waals surface area contributed by atoms with Gasteiger partial charge in [0.15, 0.2) is 5.76 Å². The smallest absolute Gasteiger partial charge is 0.312 e. The Bertz CT molecular complexity index is 1210. The maximum absolute atomic E-state index is 13.1. The minimum atomic E-state index is -0.313. The molecule has 2 aromatic carbocycles. The van der Waals surface area contributed by atoms with Crippen LogP contribution in [-0.4, -0.2) is 16.7 Å². The Hall–Kier alpha value is -3.73. The highest BCUT2D eigenvalue weighted by molar-refractivity contribution is 6.15. The fourth-order valence-electron chi connectivity index (χ4n) is 4.10. The summed E-state index contributed by atoms with van der Waals surface area (Å²) in [6, 6.07) is 15.2. The second-order valence-corrected chi connectivity index (χ2v) is 8.13. The molecular formula is C26H21NO4. The summed E-state index contributed by atoms with van der Waals surface area (Å²) < 4.78 is 11.5. The number of rotatable bonds is 3. The van der Waals surface area contributed by atoms with Gasteiger partial charge in [-0.3, -0.25) is 14.6 Å². The van der Waals surface area contributed by atoms with Crippen molar-refractivity contribution in [2.75, 3.05) is 0 Å². The summed E-state index contributed by atoms with van der Waals surface area (Å²) in [6.45, 7) is 4.28. The highest BCUT2D eigenvalue weighted by Crippen LogP contribution is 2.48. The van der Waals surface area contributed by atoms with Crippen LogP contribution in [0.4, 0.5) is 0 Å². The quantitative estimate of drug-likeness (QED) is 0.334. The summed E-state index contributed by atoms with van der Waals surface area (Å²) in [5, 5.41) is 0. The lowest BCUT2D eigenvalue weighted by Crippen LogP contribution is -2.21. The molecule has 5 nitrogen and oxygen atoms in total. The Kier molecular flexibility index (Phi) is 4.66. The SMILES string of the molecule is CC(C)c1ccc(/C=C2\Oc3c(ccc4c3[C@H](c3cccnc3)CC(=O)O4)C2=O)cc1. The summed E-state index contributed by atoms with van der Waals surface area (Å²) in [6.07, 6.45) is 5.35. The molecule has 31 heavy (non-hydrogen) atoms. The minimum absolute atomic E-state index is 0.169. The van der Waals surface area contributed by atoms with Gasteiger partial charge < -0.3 is 9.47 Å². The average Bonchev–Trinajstić information content (AvgIpc) is 3.09.